The van der Waals surface area contributed by atoms with Crippen LogP contribution in [0, 0.1) is 0 Å². The molecule has 1 N–H and O–H groups in total. The van der Waals surface area contributed by atoms with E-state index in [9.17, 15) is 14.3 Å². The van der Waals surface area contributed by atoms with Crippen LogP contribution in [0.4, 0.5) is 0 Å². The first kappa shape index (κ1) is 52.0. The highest BCUT2D eigenvalue weighted by molar-refractivity contribution is 7.47. The van der Waals surface area contributed by atoms with Crippen molar-refractivity contribution < 1.29 is 37.3 Å². The van der Waals surface area contributed by atoms with Gasteiger partial charge in [0.15, 0.2) is 0 Å². The Labute approximate surface area is 328 Å². The van der Waals surface area contributed by atoms with Gasteiger partial charge in [0, 0.05) is 13.0 Å². The standard InChI is InChI=1S/C44H86NO7P/c1-6-8-10-12-14-16-18-20-21-22-23-24-25-26-28-30-32-34-36-39-49-41-43(42-51-53(47,48)50-40-38-45(3,4)5)52-44(46)37-35-33-31-29-27-19-17-15-13-11-9-7-2/h16,18,21-22,43H,6-15,17,19-20,23-42H2,1-5H3/p+1/b18-16-,22-21-. The summed E-state index contributed by atoms with van der Waals surface area (Å²) in [7, 11) is 1.67. The van der Waals surface area contributed by atoms with Gasteiger partial charge in [-0.2, -0.15) is 0 Å². The summed E-state index contributed by atoms with van der Waals surface area (Å²) >= 11 is 0. The third-order valence-corrected chi connectivity index (χ3v) is 10.5. The van der Waals surface area contributed by atoms with E-state index in [4.69, 9.17) is 18.5 Å². The smallest absolute Gasteiger partial charge is 0.457 e. The summed E-state index contributed by atoms with van der Waals surface area (Å²) in [5, 5.41) is 0. The summed E-state index contributed by atoms with van der Waals surface area (Å²) in [5.41, 5.74) is 0. The first-order chi connectivity index (χ1) is 25.6. The lowest BCUT2D eigenvalue weighted by Crippen LogP contribution is -2.37. The third kappa shape index (κ3) is 42.0. The molecule has 0 aromatic heterocycles. The fourth-order valence-corrected chi connectivity index (χ4v) is 6.79. The zero-order valence-electron chi connectivity index (χ0n) is 35.5. The van der Waals surface area contributed by atoms with E-state index >= 15 is 0 Å². The van der Waals surface area contributed by atoms with E-state index in [0.29, 0.717) is 24.1 Å². The molecule has 0 aliphatic carbocycles. The van der Waals surface area contributed by atoms with Crippen LogP contribution in [-0.2, 0) is 27.9 Å². The van der Waals surface area contributed by atoms with Gasteiger partial charge in [-0.1, -0.05) is 167 Å². The quantitative estimate of drug-likeness (QED) is 0.0217. The molecule has 8 nitrogen and oxygen atoms in total. The molecule has 2 unspecified atom stereocenters. The molecular weight excluding hydrogens is 685 g/mol. The van der Waals surface area contributed by atoms with Crippen LogP contribution in [0.15, 0.2) is 24.3 Å². The van der Waals surface area contributed by atoms with Crippen LogP contribution in [0.2, 0.25) is 0 Å². The largest absolute Gasteiger partial charge is 0.472 e. The van der Waals surface area contributed by atoms with Crippen molar-refractivity contribution in [2.45, 2.75) is 200 Å². The Morgan fingerprint density at radius 2 is 1.04 bits per heavy atom. The minimum Gasteiger partial charge on any atom is -0.457 e. The Morgan fingerprint density at radius 3 is 1.55 bits per heavy atom. The van der Waals surface area contributed by atoms with Crippen LogP contribution in [0.1, 0.15) is 194 Å². The van der Waals surface area contributed by atoms with E-state index in [1.165, 1.54) is 135 Å². The lowest BCUT2D eigenvalue weighted by Gasteiger charge is -2.24. The summed E-state index contributed by atoms with van der Waals surface area (Å²) in [6.45, 7) is 5.61. The van der Waals surface area contributed by atoms with Gasteiger partial charge in [-0.05, 0) is 44.9 Å². The van der Waals surface area contributed by atoms with Crippen LogP contribution in [0.3, 0.4) is 0 Å². The molecule has 0 aromatic rings. The average Bonchev–Trinajstić information content (AvgIpc) is 3.11. The molecule has 314 valence electrons. The fraction of sp³-hybridized carbons (Fsp3) is 0.886. The highest BCUT2D eigenvalue weighted by atomic mass is 31.2. The van der Waals surface area contributed by atoms with E-state index < -0.39 is 13.9 Å². The number of nitrogens with zero attached hydrogens (tertiary/aromatic N) is 1. The molecule has 0 rings (SSSR count). The molecule has 9 heteroatoms. The number of hydrogen-bond acceptors (Lipinski definition) is 6. The monoisotopic (exact) mass is 773 g/mol. The normalized spacial score (nSPS) is 14.0. The molecule has 53 heavy (non-hydrogen) atoms. The fourth-order valence-electron chi connectivity index (χ4n) is 6.05. The Kier molecular flexibility index (Phi) is 37.2. The summed E-state index contributed by atoms with van der Waals surface area (Å²) in [6, 6.07) is 0. The van der Waals surface area contributed by atoms with Gasteiger partial charge in [0.2, 0.25) is 0 Å². The van der Waals surface area contributed by atoms with Gasteiger partial charge in [0.25, 0.3) is 0 Å². The second-order valence-electron chi connectivity index (χ2n) is 16.1. The molecule has 0 aromatic carbocycles. The number of ether oxygens (including phenoxy) is 2. The van der Waals surface area contributed by atoms with Gasteiger partial charge in [-0.25, -0.2) is 4.57 Å². The molecule has 0 saturated heterocycles. The van der Waals surface area contributed by atoms with E-state index in [2.05, 4.69) is 38.2 Å². The number of unbranched alkanes of at least 4 members (excludes halogenated alkanes) is 23. The molecule has 0 spiro atoms. The van der Waals surface area contributed by atoms with E-state index in [1.807, 2.05) is 21.1 Å². The maximum atomic E-state index is 12.7. The zero-order valence-corrected chi connectivity index (χ0v) is 36.4. The van der Waals surface area contributed by atoms with Gasteiger partial charge in [-0.3, -0.25) is 13.8 Å². The topological polar surface area (TPSA) is 91.3 Å². The van der Waals surface area contributed by atoms with Gasteiger partial charge >= 0.3 is 13.8 Å². The zero-order chi connectivity index (χ0) is 39.1. The van der Waals surface area contributed by atoms with Crippen LogP contribution in [0.5, 0.6) is 0 Å². The summed E-state index contributed by atoms with van der Waals surface area (Å²) in [4.78, 5) is 22.8. The minimum absolute atomic E-state index is 0.0892. The Bertz CT molecular complexity index is 905. The summed E-state index contributed by atoms with van der Waals surface area (Å²) in [6.07, 6.45) is 42.0. The van der Waals surface area contributed by atoms with Crippen molar-refractivity contribution in [3.05, 3.63) is 24.3 Å². The lowest BCUT2D eigenvalue weighted by molar-refractivity contribution is -0.870. The van der Waals surface area contributed by atoms with Crippen LogP contribution >= 0.6 is 7.82 Å². The summed E-state index contributed by atoms with van der Waals surface area (Å²) in [5.74, 6) is -0.315. The second kappa shape index (κ2) is 37.9. The number of phosphoric ester groups is 1. The van der Waals surface area contributed by atoms with Gasteiger partial charge < -0.3 is 18.9 Å². The molecule has 0 aliphatic heterocycles. The van der Waals surface area contributed by atoms with Crippen molar-refractivity contribution in [2.75, 3.05) is 54.1 Å². The SMILES string of the molecule is CCCCCC/C=C\C/C=C\CCCCCCCCCCOCC(COP(=O)(O)OCC[N+](C)(C)C)OC(=O)CCCCCCCCCCCCCC. The molecule has 0 radical (unpaired) electrons. The minimum atomic E-state index is -4.27. The molecule has 0 fully saturated rings. The molecule has 0 bridgehead atoms. The lowest BCUT2D eigenvalue weighted by atomic mass is 10.0. The number of phosphoric acid groups is 1. The maximum Gasteiger partial charge on any atom is 0.472 e. The number of likely N-dealkylation sites (N-methyl/N-ethyl adjacent to an activating group) is 1. The highest BCUT2D eigenvalue weighted by Crippen LogP contribution is 2.43. The Balaban J connectivity index is 4.19. The van der Waals surface area contributed by atoms with Crippen molar-refractivity contribution in [1.82, 2.24) is 0 Å². The molecule has 0 saturated carbocycles. The highest BCUT2D eigenvalue weighted by Gasteiger charge is 2.26. The Morgan fingerprint density at radius 1 is 0.585 bits per heavy atom. The third-order valence-electron chi connectivity index (χ3n) is 9.52. The molecule has 2 atom stereocenters. The number of hydrogen-bond donors (Lipinski definition) is 1. The van der Waals surface area contributed by atoms with Crippen molar-refractivity contribution in [3.8, 4) is 0 Å². The molecular formula is C44H87NO7P+. The number of allylic oxidation sites excluding steroid dienone is 4. The van der Waals surface area contributed by atoms with Crippen LogP contribution in [-0.4, -0.2) is 75.6 Å². The number of carbonyl (C=O) groups is 1. The summed E-state index contributed by atoms with van der Waals surface area (Å²) < 4.78 is 35.0. The number of quaternary nitrogens is 1. The number of carbonyl (C=O) groups excluding carboxylic acids is 1. The molecule has 0 heterocycles. The van der Waals surface area contributed by atoms with E-state index in [-0.39, 0.29) is 25.8 Å². The van der Waals surface area contributed by atoms with Crippen LogP contribution in [0.25, 0.3) is 0 Å². The van der Waals surface area contributed by atoms with E-state index in [0.717, 1.165) is 38.5 Å². The number of rotatable bonds is 41. The molecule has 0 aliphatic rings. The van der Waals surface area contributed by atoms with Gasteiger partial charge in [-0.15, -0.1) is 0 Å². The van der Waals surface area contributed by atoms with Crippen molar-refractivity contribution in [2.24, 2.45) is 0 Å². The molecule has 0 amide bonds. The first-order valence-corrected chi connectivity index (χ1v) is 23.6. The number of esters is 1. The average molecular weight is 773 g/mol. The first-order valence-electron chi connectivity index (χ1n) is 22.1. The van der Waals surface area contributed by atoms with E-state index in [1.54, 1.807) is 0 Å². The predicted molar refractivity (Wildman–Crippen MR) is 224 cm³/mol. The second-order valence-corrected chi connectivity index (χ2v) is 17.5. The predicted octanol–water partition coefficient (Wildman–Crippen LogP) is 12.8. The van der Waals surface area contributed by atoms with Crippen molar-refractivity contribution in [3.63, 3.8) is 0 Å². The maximum absolute atomic E-state index is 12.7. The van der Waals surface area contributed by atoms with Crippen LogP contribution < -0.4 is 0 Å². The van der Waals surface area contributed by atoms with Gasteiger partial charge in [0.05, 0.1) is 34.4 Å². The Hall–Kier alpha value is -1.02. The van der Waals surface area contributed by atoms with Crippen molar-refractivity contribution >= 4 is 13.8 Å². The van der Waals surface area contributed by atoms with Gasteiger partial charge in [0.1, 0.15) is 19.3 Å². The van der Waals surface area contributed by atoms with Crippen molar-refractivity contribution in [1.29, 1.82) is 0 Å².